The normalized spacial score (nSPS) is 14.7. The number of fused-ring (bicyclic) bond motifs is 2. The number of hydrogen-bond donors (Lipinski definition) is 1. The van der Waals surface area contributed by atoms with Gasteiger partial charge in [-0.15, -0.1) is 0 Å². The molecule has 0 bridgehead atoms. The van der Waals surface area contributed by atoms with E-state index in [2.05, 4.69) is 113 Å². The Morgan fingerprint density at radius 3 is 2.05 bits per heavy atom. The van der Waals surface area contributed by atoms with Crippen LogP contribution in [0.3, 0.4) is 0 Å². The van der Waals surface area contributed by atoms with Gasteiger partial charge in [-0.25, -0.2) is 4.39 Å². The average molecular weight is 544 g/mol. The number of allylic oxidation sites excluding steroid dienone is 3. The molecule has 1 atom stereocenters. The first-order valence-corrected chi connectivity index (χ1v) is 15.0. The minimum absolute atomic E-state index is 0.0309. The molecule has 0 aliphatic carbocycles. The molecule has 0 unspecified atom stereocenters. The van der Waals surface area contributed by atoms with Crippen LogP contribution in [-0.4, -0.2) is 12.9 Å². The third-order valence-electron chi connectivity index (χ3n) is 9.21. The lowest BCUT2D eigenvalue weighted by molar-refractivity contribution is 0.237. The second-order valence-electron chi connectivity index (χ2n) is 12.8. The minimum atomic E-state index is -1.06. The third-order valence-corrected chi connectivity index (χ3v) is 9.21. The maximum atomic E-state index is 15.5. The van der Waals surface area contributed by atoms with Gasteiger partial charge in [0.2, 0.25) is 6.71 Å². The van der Waals surface area contributed by atoms with Crippen molar-refractivity contribution in [3.05, 3.63) is 113 Å². The maximum absolute atomic E-state index is 15.5. The van der Waals surface area contributed by atoms with E-state index < -0.39 is 11.6 Å². The Morgan fingerprint density at radius 2 is 1.44 bits per heavy atom. The van der Waals surface area contributed by atoms with Gasteiger partial charge in [0, 0.05) is 11.1 Å². The molecule has 2 N–H and O–H groups in total. The van der Waals surface area contributed by atoms with Gasteiger partial charge < -0.3 is 5.73 Å². The highest BCUT2D eigenvalue weighted by Crippen LogP contribution is 2.41. The zero-order chi connectivity index (χ0) is 29.6. The molecule has 1 aliphatic rings. The van der Waals surface area contributed by atoms with Gasteiger partial charge >= 0.3 is 0 Å². The van der Waals surface area contributed by atoms with Gasteiger partial charge in [-0.1, -0.05) is 131 Å². The van der Waals surface area contributed by atoms with Crippen molar-refractivity contribution in [2.24, 2.45) is 5.73 Å². The van der Waals surface area contributed by atoms with Crippen molar-refractivity contribution < 1.29 is 4.39 Å². The van der Waals surface area contributed by atoms with Crippen LogP contribution in [0.4, 0.5) is 4.39 Å². The Balaban J connectivity index is 1.94. The summed E-state index contributed by atoms with van der Waals surface area (Å²) in [5, 5.41) is 2.39. The van der Waals surface area contributed by atoms with E-state index in [0.29, 0.717) is 11.8 Å². The molecule has 1 nitrogen and oxygen atoms in total. The van der Waals surface area contributed by atoms with Crippen molar-refractivity contribution in [3.63, 3.8) is 0 Å². The molecule has 4 aromatic rings. The summed E-state index contributed by atoms with van der Waals surface area (Å²) >= 11 is 0. The average Bonchev–Trinajstić information content (AvgIpc) is 3.22. The van der Waals surface area contributed by atoms with Crippen LogP contribution in [0.15, 0.2) is 90.4 Å². The smallest absolute Gasteiger partial charge is 0.245 e. The summed E-state index contributed by atoms with van der Waals surface area (Å²) in [5.41, 5.74) is 17.8. The van der Waals surface area contributed by atoms with Gasteiger partial charge in [-0.2, -0.15) is 0 Å². The summed E-state index contributed by atoms with van der Waals surface area (Å²) in [4.78, 5) is 0. The first-order chi connectivity index (χ1) is 19.5. The molecule has 0 amide bonds. The predicted octanol–water partition coefficient (Wildman–Crippen LogP) is 8.80. The van der Waals surface area contributed by atoms with Crippen molar-refractivity contribution in [3.8, 4) is 11.1 Å². The molecule has 41 heavy (non-hydrogen) atoms. The second-order valence-corrected chi connectivity index (χ2v) is 12.8. The molecular formula is C38H43BFN. The van der Waals surface area contributed by atoms with Crippen molar-refractivity contribution in [2.45, 2.75) is 78.8 Å². The summed E-state index contributed by atoms with van der Waals surface area (Å²) in [6.07, 6.45) is 3.21. The highest BCUT2D eigenvalue weighted by molar-refractivity contribution is 6.94. The maximum Gasteiger partial charge on any atom is 0.245 e. The fourth-order valence-corrected chi connectivity index (χ4v) is 6.63. The molecule has 3 heteroatoms. The fraction of sp³-hybridized carbons (Fsp3) is 0.316. The van der Waals surface area contributed by atoms with Gasteiger partial charge in [0.05, 0.1) is 0 Å². The van der Waals surface area contributed by atoms with Crippen LogP contribution in [0.25, 0.3) is 27.6 Å². The van der Waals surface area contributed by atoms with Crippen LogP contribution in [0, 0.1) is 0 Å². The number of rotatable bonds is 7. The SMILES string of the molecule is C/C=C\C1=C(N)c2c(cc(-c3cccc4ccccc34)cc2C(C)(C)[C@@H](C)F)B1c1c(C(C)C)cccc1C(C)C. The van der Waals surface area contributed by atoms with E-state index in [0.717, 1.165) is 33.4 Å². The largest absolute Gasteiger partial charge is 0.399 e. The standard InChI is InChI=1S/C38H43BFN/c1-9-14-33-37(41)35-32(38(7,8)25(6)40)21-27(31-20-12-16-26-15-10-11-17-30(26)31)22-34(35)39(33)36-28(23(2)3)18-13-19-29(36)24(4)5/h9-25H,41H2,1-8H3/b14-9-/t25-/m1/s1. The number of hydrogen-bond acceptors (Lipinski definition) is 1. The van der Waals surface area contributed by atoms with E-state index in [4.69, 9.17) is 5.73 Å². The number of alkyl halides is 1. The van der Waals surface area contributed by atoms with Crippen LogP contribution >= 0.6 is 0 Å². The lowest BCUT2D eigenvalue weighted by Crippen LogP contribution is -2.47. The Labute approximate surface area is 246 Å². The summed E-state index contributed by atoms with van der Waals surface area (Å²) in [5.74, 6) is 0.702. The molecule has 0 fully saturated rings. The summed E-state index contributed by atoms with van der Waals surface area (Å²) in [7, 11) is 0. The molecule has 0 spiro atoms. The molecule has 0 aromatic heterocycles. The highest BCUT2D eigenvalue weighted by Gasteiger charge is 2.42. The van der Waals surface area contributed by atoms with E-state index in [1.54, 1.807) is 6.92 Å². The Morgan fingerprint density at radius 1 is 0.829 bits per heavy atom. The predicted molar refractivity (Wildman–Crippen MR) is 179 cm³/mol. The highest BCUT2D eigenvalue weighted by atomic mass is 19.1. The lowest BCUT2D eigenvalue weighted by atomic mass is 9.35. The summed E-state index contributed by atoms with van der Waals surface area (Å²) in [6.45, 7) is 16.8. The van der Waals surface area contributed by atoms with Gasteiger partial charge in [0.15, 0.2) is 0 Å². The van der Waals surface area contributed by atoms with Crippen LogP contribution in [0.5, 0.6) is 0 Å². The Hall–Kier alpha value is -3.59. The molecule has 0 radical (unpaired) electrons. The molecule has 210 valence electrons. The number of nitrogens with two attached hydrogens (primary N) is 1. The van der Waals surface area contributed by atoms with Crippen molar-refractivity contribution in [1.29, 1.82) is 0 Å². The van der Waals surface area contributed by atoms with Crippen LogP contribution < -0.4 is 16.7 Å². The van der Waals surface area contributed by atoms with E-state index >= 15 is 4.39 Å². The number of benzene rings is 4. The van der Waals surface area contributed by atoms with E-state index in [9.17, 15) is 0 Å². The first kappa shape index (κ1) is 28.9. The molecule has 1 heterocycles. The van der Waals surface area contributed by atoms with Crippen LogP contribution in [0.2, 0.25) is 0 Å². The lowest BCUT2D eigenvalue weighted by Gasteiger charge is -2.31. The van der Waals surface area contributed by atoms with Gasteiger partial charge in [-0.3, -0.25) is 0 Å². The minimum Gasteiger partial charge on any atom is -0.399 e. The summed E-state index contributed by atoms with van der Waals surface area (Å²) in [6, 6.07) is 26.3. The Kier molecular flexibility index (Phi) is 7.77. The topological polar surface area (TPSA) is 26.0 Å². The second kappa shape index (κ2) is 11.0. The van der Waals surface area contributed by atoms with E-state index in [1.165, 1.54) is 32.8 Å². The first-order valence-electron chi connectivity index (χ1n) is 15.0. The quantitative estimate of drug-likeness (QED) is 0.232. The molecule has 5 rings (SSSR count). The number of halogens is 1. The van der Waals surface area contributed by atoms with Crippen LogP contribution in [0.1, 0.15) is 89.5 Å². The molecule has 1 aliphatic heterocycles. The van der Waals surface area contributed by atoms with Crippen LogP contribution in [-0.2, 0) is 5.41 Å². The fourth-order valence-electron chi connectivity index (χ4n) is 6.63. The zero-order valence-electron chi connectivity index (χ0n) is 25.8. The molecule has 4 aromatic carbocycles. The van der Waals surface area contributed by atoms with Gasteiger partial charge in [0.1, 0.15) is 6.17 Å². The van der Waals surface area contributed by atoms with Crippen molar-refractivity contribution in [2.75, 3.05) is 0 Å². The Bertz CT molecular complexity index is 1640. The molecular weight excluding hydrogens is 500 g/mol. The van der Waals surface area contributed by atoms with E-state index in [-0.39, 0.29) is 6.71 Å². The van der Waals surface area contributed by atoms with Gasteiger partial charge in [-0.05, 0) is 81.4 Å². The van der Waals surface area contributed by atoms with Gasteiger partial charge in [0.25, 0.3) is 0 Å². The summed E-state index contributed by atoms with van der Waals surface area (Å²) < 4.78 is 15.5. The molecule has 0 saturated carbocycles. The van der Waals surface area contributed by atoms with E-state index in [1.807, 2.05) is 20.8 Å². The monoisotopic (exact) mass is 543 g/mol. The molecule has 0 saturated heterocycles. The third kappa shape index (κ3) is 4.84. The van der Waals surface area contributed by atoms with Crippen molar-refractivity contribution >= 4 is 34.1 Å². The van der Waals surface area contributed by atoms with Crippen molar-refractivity contribution in [1.82, 2.24) is 0 Å². The zero-order valence-corrected chi connectivity index (χ0v) is 25.8.